The third-order valence-corrected chi connectivity index (χ3v) is 2.99. The van der Waals surface area contributed by atoms with Crippen molar-refractivity contribution in [3.8, 4) is 0 Å². The Balaban J connectivity index is 2.94. The van der Waals surface area contributed by atoms with Crippen LogP contribution < -0.4 is 0 Å². The van der Waals surface area contributed by atoms with Crippen LogP contribution in [0.4, 0.5) is 0 Å². The Bertz CT molecular complexity index is 614. The van der Waals surface area contributed by atoms with E-state index in [1.165, 1.54) is 13.4 Å². The van der Waals surface area contributed by atoms with Gasteiger partial charge in [0.05, 0.1) is 30.0 Å². The molecule has 5 nitrogen and oxygen atoms in total. The number of ether oxygens (including phenoxy) is 1. The molecule has 1 aromatic carbocycles. The molecule has 0 radical (unpaired) electrons. The van der Waals surface area contributed by atoms with Crippen molar-refractivity contribution in [2.24, 2.45) is 0 Å². The number of hydrogen-bond acceptors (Lipinski definition) is 4. The first-order valence-corrected chi connectivity index (χ1v) is 5.11. The highest BCUT2D eigenvalue weighted by Crippen LogP contribution is 2.27. The zero-order chi connectivity index (χ0) is 12.6. The van der Waals surface area contributed by atoms with E-state index in [0.717, 1.165) is 17.4 Å². The Morgan fingerprint density at radius 2 is 2.12 bits per heavy atom. The molecule has 0 bridgehead atoms. The number of aldehydes is 1. The fourth-order valence-corrected chi connectivity index (χ4v) is 1.95. The Morgan fingerprint density at radius 1 is 1.41 bits per heavy atom. The van der Waals surface area contributed by atoms with Gasteiger partial charge >= 0.3 is 5.97 Å². The normalized spacial score (nSPS) is 10.5. The number of aromatic amines is 1. The summed E-state index contributed by atoms with van der Waals surface area (Å²) in [5.74, 6) is -0.433. The van der Waals surface area contributed by atoms with Crippen molar-refractivity contribution in [3.63, 3.8) is 0 Å². The van der Waals surface area contributed by atoms with Gasteiger partial charge in [0.25, 0.3) is 0 Å². The summed E-state index contributed by atoms with van der Waals surface area (Å²) in [6.07, 6.45) is 2.22. The predicted molar refractivity (Wildman–Crippen MR) is 62.3 cm³/mol. The molecule has 1 aromatic heterocycles. The van der Waals surface area contributed by atoms with E-state index in [-0.39, 0.29) is 0 Å². The lowest BCUT2D eigenvalue weighted by atomic mass is 9.96. The molecule has 88 valence electrons. The minimum atomic E-state index is -0.433. The minimum Gasteiger partial charge on any atom is -0.465 e. The van der Waals surface area contributed by atoms with Crippen molar-refractivity contribution < 1.29 is 14.3 Å². The van der Waals surface area contributed by atoms with Crippen LogP contribution in [-0.2, 0) is 4.74 Å². The standard InChI is InChI=1S/C12H12N2O3/c1-6-7(2)9(12(16)17-3)11-10(8(6)4-15)13-5-14-11/h4-5H,1-3H3,(H,13,14). The van der Waals surface area contributed by atoms with Crippen molar-refractivity contribution in [1.82, 2.24) is 9.97 Å². The highest BCUT2D eigenvalue weighted by atomic mass is 16.5. The molecular formula is C12H12N2O3. The topological polar surface area (TPSA) is 72.1 Å². The maximum absolute atomic E-state index is 11.7. The van der Waals surface area contributed by atoms with E-state index in [1.54, 1.807) is 13.8 Å². The van der Waals surface area contributed by atoms with Crippen molar-refractivity contribution in [1.29, 1.82) is 0 Å². The molecule has 0 spiro atoms. The van der Waals surface area contributed by atoms with Crippen LogP contribution in [0, 0.1) is 13.8 Å². The first-order valence-electron chi connectivity index (χ1n) is 5.11. The number of nitrogens with one attached hydrogen (secondary N) is 1. The number of nitrogens with zero attached hydrogens (tertiary/aromatic N) is 1. The van der Waals surface area contributed by atoms with Crippen LogP contribution >= 0.6 is 0 Å². The van der Waals surface area contributed by atoms with E-state index in [9.17, 15) is 9.59 Å². The van der Waals surface area contributed by atoms with Crippen LogP contribution in [0.3, 0.4) is 0 Å². The molecule has 17 heavy (non-hydrogen) atoms. The van der Waals surface area contributed by atoms with Gasteiger partial charge in [-0.15, -0.1) is 0 Å². The number of esters is 1. The van der Waals surface area contributed by atoms with Gasteiger partial charge < -0.3 is 9.72 Å². The van der Waals surface area contributed by atoms with E-state index in [2.05, 4.69) is 9.97 Å². The second kappa shape index (κ2) is 4.01. The van der Waals surface area contributed by atoms with E-state index in [0.29, 0.717) is 22.2 Å². The van der Waals surface area contributed by atoms with Gasteiger partial charge in [0.15, 0.2) is 6.29 Å². The van der Waals surface area contributed by atoms with Crippen molar-refractivity contribution in [2.75, 3.05) is 7.11 Å². The molecule has 0 aliphatic carbocycles. The van der Waals surface area contributed by atoms with E-state index >= 15 is 0 Å². The zero-order valence-electron chi connectivity index (χ0n) is 9.83. The summed E-state index contributed by atoms with van der Waals surface area (Å²) in [7, 11) is 1.33. The number of fused-ring (bicyclic) bond motifs is 1. The third-order valence-electron chi connectivity index (χ3n) is 2.99. The number of hydrogen-bond donors (Lipinski definition) is 1. The molecule has 0 amide bonds. The lowest BCUT2D eigenvalue weighted by molar-refractivity contribution is 0.0601. The maximum atomic E-state index is 11.7. The summed E-state index contributed by atoms with van der Waals surface area (Å²) in [6.45, 7) is 3.58. The molecule has 0 aliphatic rings. The van der Waals surface area contributed by atoms with Crippen LogP contribution in [0.1, 0.15) is 31.8 Å². The summed E-state index contributed by atoms with van der Waals surface area (Å²) in [5, 5.41) is 0. The molecule has 0 saturated heterocycles. The molecule has 2 aromatic rings. The van der Waals surface area contributed by atoms with Crippen LogP contribution in [0.15, 0.2) is 6.33 Å². The molecule has 0 fully saturated rings. The number of carbonyl (C=O) groups excluding carboxylic acids is 2. The smallest absolute Gasteiger partial charge is 0.340 e. The third kappa shape index (κ3) is 1.51. The maximum Gasteiger partial charge on any atom is 0.340 e. The van der Waals surface area contributed by atoms with Crippen molar-refractivity contribution in [2.45, 2.75) is 13.8 Å². The molecule has 5 heteroatoms. The summed E-state index contributed by atoms with van der Waals surface area (Å²) < 4.78 is 4.75. The first kappa shape index (κ1) is 11.3. The van der Waals surface area contributed by atoms with Gasteiger partial charge in [-0.1, -0.05) is 0 Å². The Labute approximate surface area is 97.8 Å². The number of H-pyrrole nitrogens is 1. The van der Waals surface area contributed by atoms with Gasteiger partial charge in [-0.2, -0.15) is 0 Å². The van der Waals surface area contributed by atoms with Gasteiger partial charge in [0.2, 0.25) is 0 Å². The molecule has 0 aliphatic heterocycles. The van der Waals surface area contributed by atoms with Gasteiger partial charge in [-0.05, 0) is 25.0 Å². The predicted octanol–water partition coefficient (Wildman–Crippen LogP) is 1.78. The summed E-state index contributed by atoms with van der Waals surface area (Å²) in [6, 6.07) is 0. The zero-order valence-corrected chi connectivity index (χ0v) is 9.83. The molecule has 0 atom stereocenters. The number of imidazole rings is 1. The quantitative estimate of drug-likeness (QED) is 0.632. The number of rotatable bonds is 2. The van der Waals surface area contributed by atoms with Crippen molar-refractivity contribution >= 4 is 23.3 Å². The summed E-state index contributed by atoms with van der Waals surface area (Å²) in [4.78, 5) is 29.8. The summed E-state index contributed by atoms with van der Waals surface area (Å²) >= 11 is 0. The van der Waals surface area contributed by atoms with E-state index in [1.807, 2.05) is 0 Å². The Hall–Kier alpha value is -2.17. The summed E-state index contributed by atoms with van der Waals surface area (Å²) in [5.41, 5.74) is 3.47. The van der Waals surface area contributed by atoms with Gasteiger partial charge in [0.1, 0.15) is 0 Å². The fraction of sp³-hybridized carbons (Fsp3) is 0.250. The first-order chi connectivity index (χ1) is 8.11. The highest BCUT2D eigenvalue weighted by molar-refractivity contribution is 6.08. The average molecular weight is 232 g/mol. The average Bonchev–Trinajstić information content (AvgIpc) is 2.78. The minimum absolute atomic E-state index is 0.433. The van der Waals surface area contributed by atoms with E-state index in [4.69, 9.17) is 4.74 Å². The molecule has 0 unspecified atom stereocenters. The molecule has 1 N–H and O–H groups in total. The SMILES string of the molecule is COC(=O)c1c(C)c(C)c(C=O)c2nc[nH]c12. The molecular weight excluding hydrogens is 220 g/mol. The largest absolute Gasteiger partial charge is 0.465 e. The lowest BCUT2D eigenvalue weighted by Gasteiger charge is -2.10. The second-order valence-electron chi connectivity index (χ2n) is 3.77. The lowest BCUT2D eigenvalue weighted by Crippen LogP contribution is -2.08. The van der Waals surface area contributed by atoms with Crippen LogP contribution in [0.5, 0.6) is 0 Å². The van der Waals surface area contributed by atoms with Gasteiger partial charge in [-0.3, -0.25) is 4.79 Å². The fourth-order valence-electron chi connectivity index (χ4n) is 1.95. The van der Waals surface area contributed by atoms with Crippen molar-refractivity contribution in [3.05, 3.63) is 28.6 Å². The number of aromatic nitrogens is 2. The van der Waals surface area contributed by atoms with Crippen LogP contribution in [-0.4, -0.2) is 29.3 Å². The van der Waals surface area contributed by atoms with Crippen LogP contribution in [0.2, 0.25) is 0 Å². The Morgan fingerprint density at radius 3 is 2.71 bits per heavy atom. The van der Waals surface area contributed by atoms with Crippen LogP contribution in [0.25, 0.3) is 11.0 Å². The Kier molecular flexibility index (Phi) is 2.67. The highest BCUT2D eigenvalue weighted by Gasteiger charge is 2.21. The monoisotopic (exact) mass is 232 g/mol. The molecule has 1 heterocycles. The van der Waals surface area contributed by atoms with E-state index < -0.39 is 5.97 Å². The van der Waals surface area contributed by atoms with Gasteiger partial charge in [-0.25, -0.2) is 9.78 Å². The number of carbonyl (C=O) groups is 2. The number of benzene rings is 1. The number of methoxy groups -OCH3 is 1. The molecule has 2 rings (SSSR count). The van der Waals surface area contributed by atoms with Gasteiger partial charge in [0, 0.05) is 5.56 Å². The second-order valence-corrected chi connectivity index (χ2v) is 3.77. The molecule has 0 saturated carbocycles.